The fraction of sp³-hybridized carbons (Fsp3) is 0.154. The van der Waals surface area contributed by atoms with Crippen LogP contribution in [0.1, 0.15) is 5.56 Å². The zero-order valence-corrected chi connectivity index (χ0v) is 11.7. The highest BCUT2D eigenvalue weighted by Gasteiger charge is 2.25. The van der Waals surface area contributed by atoms with Gasteiger partial charge in [-0.1, -0.05) is 36.6 Å². The number of hydrazone groups is 1. The van der Waals surface area contributed by atoms with E-state index in [2.05, 4.69) is 11.7 Å². The molecule has 0 saturated carbocycles. The first-order valence-electron chi connectivity index (χ1n) is 5.58. The van der Waals surface area contributed by atoms with Crippen LogP contribution in [-0.4, -0.2) is 33.8 Å². The Kier molecular flexibility index (Phi) is 4.70. The maximum atomic E-state index is 11.5. The van der Waals surface area contributed by atoms with Crippen LogP contribution in [0.2, 0.25) is 0 Å². The Balaban J connectivity index is 2.01. The second-order valence-electron chi connectivity index (χ2n) is 3.67. The van der Waals surface area contributed by atoms with E-state index < -0.39 is 0 Å². The van der Waals surface area contributed by atoms with Gasteiger partial charge >= 0.3 is 0 Å². The van der Waals surface area contributed by atoms with Gasteiger partial charge in [-0.2, -0.15) is 10.1 Å². The van der Waals surface area contributed by atoms with Gasteiger partial charge in [0.15, 0.2) is 4.32 Å². The molecule has 4 nitrogen and oxygen atoms in total. The van der Waals surface area contributed by atoms with E-state index in [0.29, 0.717) is 16.7 Å². The van der Waals surface area contributed by atoms with E-state index in [1.54, 1.807) is 12.3 Å². The van der Waals surface area contributed by atoms with Crippen molar-refractivity contribution in [3.8, 4) is 5.75 Å². The predicted molar refractivity (Wildman–Crippen MR) is 81.6 cm³/mol. The van der Waals surface area contributed by atoms with E-state index in [1.807, 2.05) is 24.3 Å². The molecule has 1 saturated heterocycles. The van der Waals surface area contributed by atoms with Gasteiger partial charge in [-0.3, -0.25) is 4.79 Å². The zero-order valence-electron chi connectivity index (χ0n) is 10.1. The van der Waals surface area contributed by atoms with Crippen molar-refractivity contribution in [3.63, 3.8) is 0 Å². The van der Waals surface area contributed by atoms with Crippen LogP contribution in [0, 0.1) is 0 Å². The summed E-state index contributed by atoms with van der Waals surface area (Å²) in [5.74, 6) is 1.04. The molecule has 0 atom stereocenters. The van der Waals surface area contributed by atoms with Crippen LogP contribution < -0.4 is 4.74 Å². The minimum absolute atomic E-state index is 0.0859. The van der Waals surface area contributed by atoms with Gasteiger partial charge < -0.3 is 4.74 Å². The van der Waals surface area contributed by atoms with Gasteiger partial charge in [0.2, 0.25) is 0 Å². The van der Waals surface area contributed by atoms with Crippen molar-refractivity contribution in [2.75, 3.05) is 12.4 Å². The van der Waals surface area contributed by atoms with Gasteiger partial charge in [-0.05, 0) is 29.8 Å². The number of rotatable bonds is 5. The fourth-order valence-electron chi connectivity index (χ4n) is 1.39. The van der Waals surface area contributed by atoms with Crippen molar-refractivity contribution in [1.82, 2.24) is 5.01 Å². The third-order valence-corrected chi connectivity index (χ3v) is 3.64. The zero-order chi connectivity index (χ0) is 13.7. The molecule has 1 aromatic rings. The van der Waals surface area contributed by atoms with E-state index >= 15 is 0 Å². The van der Waals surface area contributed by atoms with E-state index in [9.17, 15) is 4.79 Å². The van der Waals surface area contributed by atoms with Gasteiger partial charge in [0.05, 0.1) is 12.0 Å². The van der Waals surface area contributed by atoms with E-state index in [4.69, 9.17) is 17.0 Å². The standard InChI is InChI=1S/C13H12N2O2S2/c1-2-7-17-11-5-3-10(4-6-11)8-14-15-12(16)9-19-13(15)18/h2-6,8H,1,7,9H2/b14-8+. The number of hydrogen-bond donors (Lipinski definition) is 0. The normalized spacial score (nSPS) is 15.3. The van der Waals surface area contributed by atoms with Crippen LogP contribution in [-0.2, 0) is 4.79 Å². The SMILES string of the molecule is C=CCOc1ccc(/C=N/N2C(=O)CSC2=S)cc1. The number of benzene rings is 1. The monoisotopic (exact) mass is 292 g/mol. The number of nitrogens with zero attached hydrogens (tertiary/aromatic N) is 2. The first kappa shape index (κ1) is 13.8. The smallest absolute Gasteiger partial charge is 0.259 e. The Labute approximate surface area is 121 Å². The summed E-state index contributed by atoms with van der Waals surface area (Å²) in [5, 5.41) is 5.34. The molecule has 0 spiro atoms. The number of carbonyl (C=O) groups is 1. The lowest BCUT2D eigenvalue weighted by Crippen LogP contribution is -2.22. The molecule has 1 aliphatic rings. The molecule has 0 aromatic heterocycles. The average molecular weight is 292 g/mol. The minimum Gasteiger partial charge on any atom is -0.490 e. The number of amides is 1. The van der Waals surface area contributed by atoms with Gasteiger partial charge in [0.25, 0.3) is 5.91 Å². The summed E-state index contributed by atoms with van der Waals surface area (Å²) in [5.41, 5.74) is 0.874. The lowest BCUT2D eigenvalue weighted by atomic mass is 10.2. The molecule has 1 fully saturated rings. The highest BCUT2D eigenvalue weighted by atomic mass is 32.2. The molecule has 0 unspecified atom stereocenters. The quantitative estimate of drug-likeness (QED) is 0.475. The van der Waals surface area contributed by atoms with Crippen LogP contribution in [0.3, 0.4) is 0 Å². The minimum atomic E-state index is -0.0859. The maximum Gasteiger partial charge on any atom is 0.259 e. The topological polar surface area (TPSA) is 41.9 Å². The summed E-state index contributed by atoms with van der Waals surface area (Å²) < 4.78 is 5.86. The summed E-state index contributed by atoms with van der Waals surface area (Å²) in [4.78, 5) is 11.5. The summed E-state index contributed by atoms with van der Waals surface area (Å²) in [7, 11) is 0. The Morgan fingerprint density at radius 3 is 2.79 bits per heavy atom. The molecule has 0 N–H and O–H groups in total. The number of ether oxygens (including phenoxy) is 1. The molecule has 1 heterocycles. The van der Waals surface area contributed by atoms with Crippen molar-refractivity contribution in [2.24, 2.45) is 5.10 Å². The molecule has 6 heteroatoms. The van der Waals surface area contributed by atoms with Crippen LogP contribution >= 0.6 is 24.0 Å². The Morgan fingerprint density at radius 2 is 2.21 bits per heavy atom. The number of hydrogen-bond acceptors (Lipinski definition) is 5. The van der Waals surface area contributed by atoms with Gasteiger partial charge in [0, 0.05) is 0 Å². The predicted octanol–water partition coefficient (Wildman–Crippen LogP) is 2.45. The number of thiocarbonyl (C=S) groups is 1. The summed E-state index contributed by atoms with van der Waals surface area (Å²) in [6.07, 6.45) is 3.29. The van der Waals surface area contributed by atoms with Crippen molar-refractivity contribution in [1.29, 1.82) is 0 Å². The molecule has 98 valence electrons. The van der Waals surface area contributed by atoms with Crippen molar-refractivity contribution in [3.05, 3.63) is 42.5 Å². The number of carbonyl (C=O) groups excluding carboxylic acids is 1. The summed E-state index contributed by atoms with van der Waals surface area (Å²) in [6.45, 7) is 4.06. The average Bonchev–Trinajstić information content (AvgIpc) is 2.75. The maximum absolute atomic E-state index is 11.5. The van der Waals surface area contributed by atoms with E-state index in [-0.39, 0.29) is 5.91 Å². The Hall–Kier alpha value is -1.66. The van der Waals surface area contributed by atoms with Crippen molar-refractivity contribution in [2.45, 2.75) is 0 Å². The Bertz CT molecular complexity index is 510. The van der Waals surface area contributed by atoms with Gasteiger partial charge in [-0.15, -0.1) is 0 Å². The van der Waals surface area contributed by atoms with Crippen LogP contribution in [0.25, 0.3) is 0 Å². The van der Waals surface area contributed by atoms with Crippen LogP contribution in [0.4, 0.5) is 0 Å². The molecule has 0 aliphatic carbocycles. The molecule has 2 rings (SSSR count). The number of thioether (sulfide) groups is 1. The first-order chi connectivity index (χ1) is 9.20. The van der Waals surface area contributed by atoms with E-state index in [0.717, 1.165) is 11.3 Å². The molecule has 1 aliphatic heterocycles. The molecule has 1 aromatic carbocycles. The molecule has 0 bridgehead atoms. The van der Waals surface area contributed by atoms with Gasteiger partial charge in [0.1, 0.15) is 12.4 Å². The highest BCUT2D eigenvalue weighted by molar-refractivity contribution is 8.23. The first-order valence-corrected chi connectivity index (χ1v) is 6.97. The Morgan fingerprint density at radius 1 is 1.47 bits per heavy atom. The van der Waals surface area contributed by atoms with E-state index in [1.165, 1.54) is 16.8 Å². The lowest BCUT2D eigenvalue weighted by molar-refractivity contribution is -0.123. The van der Waals surface area contributed by atoms with Crippen molar-refractivity contribution >= 4 is 40.4 Å². The summed E-state index contributed by atoms with van der Waals surface area (Å²) >= 11 is 6.35. The second-order valence-corrected chi connectivity index (χ2v) is 5.28. The molecular weight excluding hydrogens is 280 g/mol. The molecule has 19 heavy (non-hydrogen) atoms. The second kappa shape index (κ2) is 6.49. The largest absolute Gasteiger partial charge is 0.490 e. The fourth-order valence-corrected chi connectivity index (χ4v) is 2.35. The third kappa shape index (κ3) is 3.65. The highest BCUT2D eigenvalue weighted by Crippen LogP contribution is 2.19. The molecular formula is C13H12N2O2S2. The van der Waals surface area contributed by atoms with Crippen LogP contribution in [0.5, 0.6) is 5.75 Å². The lowest BCUT2D eigenvalue weighted by Gasteiger charge is -2.06. The molecule has 1 amide bonds. The van der Waals surface area contributed by atoms with Crippen LogP contribution in [0.15, 0.2) is 42.0 Å². The molecule has 0 radical (unpaired) electrons. The third-order valence-electron chi connectivity index (χ3n) is 2.30. The summed E-state index contributed by atoms with van der Waals surface area (Å²) in [6, 6.07) is 7.39. The van der Waals surface area contributed by atoms with Gasteiger partial charge in [-0.25, -0.2) is 0 Å². The van der Waals surface area contributed by atoms with Crippen molar-refractivity contribution < 1.29 is 9.53 Å².